The van der Waals surface area contributed by atoms with Gasteiger partial charge in [0, 0.05) is 6.42 Å². The Bertz CT molecular complexity index is 232. The molecule has 2 saturated carbocycles. The third-order valence-corrected chi connectivity index (χ3v) is 4.34. The van der Waals surface area contributed by atoms with E-state index in [9.17, 15) is 5.11 Å². The van der Waals surface area contributed by atoms with Crippen molar-refractivity contribution in [2.45, 2.75) is 63.4 Å². The molecule has 0 amide bonds. The number of terminal acetylenes is 1. The van der Waals surface area contributed by atoms with E-state index in [0.717, 1.165) is 12.8 Å². The van der Waals surface area contributed by atoms with Gasteiger partial charge in [0.15, 0.2) is 0 Å². The Kier molecular flexibility index (Phi) is 2.58. The second kappa shape index (κ2) is 3.59. The Morgan fingerprint density at radius 1 is 1.00 bits per heavy atom. The van der Waals surface area contributed by atoms with Crippen LogP contribution in [0.15, 0.2) is 0 Å². The lowest BCUT2D eigenvalue weighted by molar-refractivity contribution is -0.0286. The summed E-state index contributed by atoms with van der Waals surface area (Å²) in [6.45, 7) is 0. The minimum Gasteiger partial charge on any atom is -0.389 e. The summed E-state index contributed by atoms with van der Waals surface area (Å²) in [5.41, 5.74) is 0.0728. The molecular formula is C13H20O. The van der Waals surface area contributed by atoms with Crippen LogP contribution in [0.3, 0.4) is 0 Å². The number of rotatable bonds is 1. The number of hydrogen-bond donors (Lipinski definition) is 1. The van der Waals surface area contributed by atoms with Gasteiger partial charge in [-0.1, -0.05) is 12.8 Å². The highest BCUT2D eigenvalue weighted by atomic mass is 16.3. The van der Waals surface area contributed by atoms with E-state index < -0.39 is 5.60 Å². The van der Waals surface area contributed by atoms with Gasteiger partial charge in [0.2, 0.25) is 0 Å². The first kappa shape index (κ1) is 10.1. The van der Waals surface area contributed by atoms with Crippen LogP contribution >= 0.6 is 0 Å². The van der Waals surface area contributed by atoms with Gasteiger partial charge in [-0.3, -0.25) is 0 Å². The lowest BCUT2D eigenvalue weighted by atomic mass is 9.67. The minimum absolute atomic E-state index is 0.525. The molecule has 2 fully saturated rings. The maximum Gasteiger partial charge on any atom is 0.0756 e. The molecule has 0 aromatic heterocycles. The summed E-state index contributed by atoms with van der Waals surface area (Å²) in [5.74, 6) is 2.61. The van der Waals surface area contributed by atoms with Crippen LogP contribution in [-0.2, 0) is 0 Å². The highest BCUT2D eigenvalue weighted by molar-refractivity contribution is 5.01. The summed E-state index contributed by atoms with van der Waals surface area (Å²) in [6, 6.07) is 0. The quantitative estimate of drug-likeness (QED) is 0.633. The fraction of sp³-hybridized carbons (Fsp3) is 0.846. The molecule has 1 spiro atoms. The average Bonchev–Trinajstić information content (AvgIpc) is 2.61. The predicted molar refractivity (Wildman–Crippen MR) is 57.8 cm³/mol. The molecule has 0 heterocycles. The zero-order chi connectivity index (χ0) is 10.1. The van der Waals surface area contributed by atoms with Crippen molar-refractivity contribution in [1.82, 2.24) is 0 Å². The third kappa shape index (κ3) is 1.81. The number of hydrogen-bond acceptors (Lipinski definition) is 1. The van der Waals surface area contributed by atoms with Crippen molar-refractivity contribution < 1.29 is 5.11 Å². The molecule has 1 N–H and O–H groups in total. The van der Waals surface area contributed by atoms with Crippen LogP contribution in [0.2, 0.25) is 0 Å². The van der Waals surface area contributed by atoms with Crippen molar-refractivity contribution in [3.63, 3.8) is 0 Å². The third-order valence-electron chi connectivity index (χ3n) is 4.34. The Hall–Kier alpha value is -0.480. The topological polar surface area (TPSA) is 20.2 Å². The van der Waals surface area contributed by atoms with E-state index in [1.165, 1.54) is 38.5 Å². The normalized spacial score (nSPS) is 28.9. The summed E-state index contributed by atoms with van der Waals surface area (Å²) in [7, 11) is 0. The number of aliphatic hydroxyl groups is 1. The van der Waals surface area contributed by atoms with Gasteiger partial charge >= 0.3 is 0 Å². The first-order valence-corrected chi connectivity index (χ1v) is 5.84. The minimum atomic E-state index is -0.525. The van der Waals surface area contributed by atoms with Crippen LogP contribution in [0.4, 0.5) is 0 Å². The standard InChI is InChI=1S/C13H20O/c1-2-5-13(14)10-8-12(9-11-13)6-3-4-7-12/h1,14H,3-11H2. The maximum atomic E-state index is 10.2. The van der Waals surface area contributed by atoms with Crippen LogP contribution in [0.1, 0.15) is 57.8 Å². The van der Waals surface area contributed by atoms with E-state index >= 15 is 0 Å². The van der Waals surface area contributed by atoms with E-state index in [4.69, 9.17) is 6.42 Å². The van der Waals surface area contributed by atoms with Crippen molar-refractivity contribution in [1.29, 1.82) is 0 Å². The maximum absolute atomic E-state index is 10.2. The van der Waals surface area contributed by atoms with Crippen molar-refractivity contribution in [2.75, 3.05) is 0 Å². The second-order valence-electron chi connectivity index (χ2n) is 5.31. The van der Waals surface area contributed by atoms with Gasteiger partial charge in [0.1, 0.15) is 0 Å². The molecule has 2 aliphatic rings. The first-order chi connectivity index (χ1) is 6.68. The molecule has 2 rings (SSSR count). The average molecular weight is 192 g/mol. The van der Waals surface area contributed by atoms with Gasteiger partial charge in [0.25, 0.3) is 0 Å². The summed E-state index contributed by atoms with van der Waals surface area (Å²) in [4.78, 5) is 0. The monoisotopic (exact) mass is 192 g/mol. The summed E-state index contributed by atoms with van der Waals surface area (Å²) in [6.07, 6.45) is 15.6. The molecule has 2 aliphatic carbocycles. The molecule has 0 bridgehead atoms. The largest absolute Gasteiger partial charge is 0.389 e. The van der Waals surface area contributed by atoms with E-state index in [2.05, 4.69) is 5.92 Å². The molecule has 1 heteroatoms. The molecule has 1 nitrogen and oxygen atoms in total. The molecule has 14 heavy (non-hydrogen) atoms. The first-order valence-electron chi connectivity index (χ1n) is 5.84. The Morgan fingerprint density at radius 2 is 1.57 bits per heavy atom. The van der Waals surface area contributed by atoms with Gasteiger partial charge in [-0.25, -0.2) is 0 Å². The molecule has 0 unspecified atom stereocenters. The second-order valence-corrected chi connectivity index (χ2v) is 5.31. The fourth-order valence-corrected chi connectivity index (χ4v) is 3.24. The van der Waals surface area contributed by atoms with Gasteiger partial charge < -0.3 is 5.11 Å². The lowest BCUT2D eigenvalue weighted by Crippen LogP contribution is -2.37. The van der Waals surface area contributed by atoms with Gasteiger partial charge in [0.05, 0.1) is 5.60 Å². The zero-order valence-corrected chi connectivity index (χ0v) is 8.89. The van der Waals surface area contributed by atoms with E-state index in [0.29, 0.717) is 11.8 Å². The summed E-state index contributed by atoms with van der Waals surface area (Å²) >= 11 is 0. The van der Waals surface area contributed by atoms with Gasteiger partial charge in [-0.15, -0.1) is 12.3 Å². The van der Waals surface area contributed by atoms with Crippen molar-refractivity contribution >= 4 is 0 Å². The highest BCUT2D eigenvalue weighted by Crippen LogP contribution is 2.51. The van der Waals surface area contributed by atoms with E-state index in [-0.39, 0.29) is 0 Å². The van der Waals surface area contributed by atoms with E-state index in [1.807, 2.05) is 0 Å². The molecule has 0 atom stereocenters. The molecular weight excluding hydrogens is 172 g/mol. The molecule has 0 aliphatic heterocycles. The molecule has 0 radical (unpaired) electrons. The van der Waals surface area contributed by atoms with Crippen molar-refractivity contribution in [3.8, 4) is 12.3 Å². The lowest BCUT2D eigenvalue weighted by Gasteiger charge is -2.41. The Balaban J connectivity index is 1.94. The van der Waals surface area contributed by atoms with Gasteiger partial charge in [-0.2, -0.15) is 0 Å². The molecule has 78 valence electrons. The SMILES string of the molecule is C#CCC1(O)CCC2(CCCC2)CC1. The van der Waals surface area contributed by atoms with Crippen LogP contribution in [0.5, 0.6) is 0 Å². The zero-order valence-electron chi connectivity index (χ0n) is 8.89. The summed E-state index contributed by atoms with van der Waals surface area (Å²) in [5, 5.41) is 10.2. The van der Waals surface area contributed by atoms with Gasteiger partial charge in [-0.05, 0) is 43.9 Å². The fourth-order valence-electron chi connectivity index (χ4n) is 3.24. The van der Waals surface area contributed by atoms with Crippen LogP contribution in [-0.4, -0.2) is 10.7 Å². The molecule has 0 aromatic carbocycles. The molecule has 0 aromatic rings. The smallest absolute Gasteiger partial charge is 0.0756 e. The Labute approximate surface area is 86.9 Å². The predicted octanol–water partition coefficient (Wildman–Crippen LogP) is 2.88. The summed E-state index contributed by atoms with van der Waals surface area (Å²) < 4.78 is 0. The van der Waals surface area contributed by atoms with Crippen LogP contribution < -0.4 is 0 Å². The Morgan fingerprint density at radius 3 is 2.07 bits per heavy atom. The van der Waals surface area contributed by atoms with Crippen molar-refractivity contribution in [3.05, 3.63) is 0 Å². The van der Waals surface area contributed by atoms with E-state index in [1.54, 1.807) is 0 Å². The van der Waals surface area contributed by atoms with Crippen LogP contribution in [0.25, 0.3) is 0 Å². The molecule has 0 saturated heterocycles. The van der Waals surface area contributed by atoms with Crippen molar-refractivity contribution in [2.24, 2.45) is 5.41 Å². The highest BCUT2D eigenvalue weighted by Gasteiger charge is 2.42. The van der Waals surface area contributed by atoms with Crippen LogP contribution in [0, 0.1) is 17.8 Å².